The summed E-state index contributed by atoms with van der Waals surface area (Å²) in [6.07, 6.45) is 9.19. The number of sulfonamides is 1. The van der Waals surface area contributed by atoms with Crippen LogP contribution >= 0.6 is 0 Å². The third-order valence-electron chi connectivity index (χ3n) is 5.55. The van der Waals surface area contributed by atoms with Crippen LogP contribution in [0.1, 0.15) is 75.4 Å². The van der Waals surface area contributed by atoms with Crippen molar-refractivity contribution in [1.29, 1.82) is 0 Å². The summed E-state index contributed by atoms with van der Waals surface area (Å²) in [5, 5.41) is 20.7. The number of hydrogen-bond donors (Lipinski definition) is 3. The Labute approximate surface area is 179 Å². The van der Waals surface area contributed by atoms with Crippen LogP contribution in [0.3, 0.4) is 0 Å². The number of hydrogen-bond acceptors (Lipinski definition) is 6. The van der Waals surface area contributed by atoms with Crippen molar-refractivity contribution in [2.45, 2.75) is 83.3 Å². The molecule has 1 aromatic rings. The van der Waals surface area contributed by atoms with Crippen molar-refractivity contribution < 1.29 is 27.8 Å². The number of nitrogens with one attached hydrogen (secondary N) is 1. The van der Waals surface area contributed by atoms with Gasteiger partial charge in [-0.2, -0.15) is 0 Å². The van der Waals surface area contributed by atoms with Crippen molar-refractivity contribution in [2.24, 2.45) is 5.92 Å². The van der Waals surface area contributed by atoms with Crippen LogP contribution in [0.15, 0.2) is 22.6 Å². The topological polar surface area (TPSA) is 117 Å². The number of aryl methyl sites for hydroxylation is 1. The number of furan rings is 1. The maximum absolute atomic E-state index is 11.5. The molecular formula is C22H35NO6S. The Morgan fingerprint density at radius 2 is 2.10 bits per heavy atom. The fourth-order valence-electron chi connectivity index (χ4n) is 3.78. The van der Waals surface area contributed by atoms with Crippen LogP contribution in [0.25, 0.3) is 0 Å². The zero-order valence-corrected chi connectivity index (χ0v) is 19.0. The van der Waals surface area contributed by atoms with Gasteiger partial charge in [-0.25, -0.2) is 8.42 Å². The number of aliphatic hydroxyl groups is 2. The van der Waals surface area contributed by atoms with Crippen molar-refractivity contribution >= 4 is 15.9 Å². The lowest BCUT2D eigenvalue weighted by atomic mass is 9.94. The molecule has 1 amide bonds. The van der Waals surface area contributed by atoms with Gasteiger partial charge in [0.25, 0.3) is 0 Å². The van der Waals surface area contributed by atoms with Gasteiger partial charge in [0.05, 0.1) is 18.5 Å². The van der Waals surface area contributed by atoms with Gasteiger partial charge in [-0.05, 0) is 31.2 Å². The number of fused-ring (bicyclic) bond motifs is 1. The Hall–Kier alpha value is -1.64. The molecule has 0 saturated carbocycles. The van der Waals surface area contributed by atoms with E-state index in [0.717, 1.165) is 42.6 Å². The van der Waals surface area contributed by atoms with Crippen LogP contribution < -0.4 is 4.72 Å². The summed E-state index contributed by atoms with van der Waals surface area (Å²) in [5.74, 6) is 1.06. The minimum Gasteiger partial charge on any atom is -0.466 e. The first-order valence-electron chi connectivity index (χ1n) is 10.8. The SMILES string of the molecule is CCCCC(C)[C@H](O)C=C[C@@H]1c2cc(CCCCC(=O)NS(C)(=O)=O)oc2C[C@H]1O. The second-order valence-corrected chi connectivity index (χ2v) is 10.1. The van der Waals surface area contributed by atoms with Crippen molar-refractivity contribution in [2.75, 3.05) is 6.26 Å². The van der Waals surface area contributed by atoms with Gasteiger partial charge in [-0.1, -0.05) is 38.8 Å². The van der Waals surface area contributed by atoms with E-state index < -0.39 is 28.1 Å². The zero-order valence-electron chi connectivity index (χ0n) is 18.1. The molecule has 1 aliphatic carbocycles. The van der Waals surface area contributed by atoms with E-state index in [1.807, 2.05) is 23.8 Å². The Balaban J connectivity index is 1.87. The van der Waals surface area contributed by atoms with Crippen LogP contribution in [0.5, 0.6) is 0 Å². The van der Waals surface area contributed by atoms with Crippen LogP contribution in [0.4, 0.5) is 0 Å². The molecule has 0 spiro atoms. The van der Waals surface area contributed by atoms with Crippen LogP contribution in [0.2, 0.25) is 0 Å². The summed E-state index contributed by atoms with van der Waals surface area (Å²) in [6, 6.07) is 1.95. The Bertz CT molecular complexity index is 829. The normalized spacial score (nSPS) is 21.0. The van der Waals surface area contributed by atoms with E-state index >= 15 is 0 Å². The van der Waals surface area contributed by atoms with Crippen molar-refractivity contribution in [1.82, 2.24) is 4.72 Å². The highest BCUT2D eigenvalue weighted by atomic mass is 32.2. The molecule has 4 atom stereocenters. The highest BCUT2D eigenvalue weighted by molar-refractivity contribution is 7.89. The summed E-state index contributed by atoms with van der Waals surface area (Å²) in [6.45, 7) is 4.17. The van der Waals surface area contributed by atoms with Gasteiger partial charge < -0.3 is 14.6 Å². The maximum Gasteiger partial charge on any atom is 0.233 e. The van der Waals surface area contributed by atoms with Gasteiger partial charge in [-0.15, -0.1) is 0 Å². The van der Waals surface area contributed by atoms with Gasteiger partial charge in [0.2, 0.25) is 15.9 Å². The third kappa shape index (κ3) is 7.56. The second-order valence-electron chi connectivity index (χ2n) is 8.39. The lowest BCUT2D eigenvalue weighted by molar-refractivity contribution is -0.119. The minimum absolute atomic E-state index is 0.145. The third-order valence-corrected chi connectivity index (χ3v) is 6.15. The summed E-state index contributed by atoms with van der Waals surface area (Å²) < 4.78 is 29.9. The van der Waals surface area contributed by atoms with Gasteiger partial charge in [0.15, 0.2) is 0 Å². The molecular weight excluding hydrogens is 406 g/mol. The second kappa shape index (κ2) is 11.1. The Morgan fingerprint density at radius 3 is 2.77 bits per heavy atom. The average molecular weight is 442 g/mol. The molecule has 1 aliphatic rings. The van der Waals surface area contributed by atoms with Gasteiger partial charge in [0.1, 0.15) is 11.5 Å². The molecule has 170 valence electrons. The zero-order chi connectivity index (χ0) is 22.3. The summed E-state index contributed by atoms with van der Waals surface area (Å²) >= 11 is 0. The minimum atomic E-state index is -3.51. The van der Waals surface area contributed by atoms with E-state index in [9.17, 15) is 23.4 Å². The molecule has 1 unspecified atom stereocenters. The van der Waals surface area contributed by atoms with Crippen molar-refractivity contribution in [3.05, 3.63) is 35.3 Å². The number of carbonyl (C=O) groups excluding carboxylic acids is 1. The Morgan fingerprint density at radius 1 is 1.37 bits per heavy atom. The molecule has 0 aliphatic heterocycles. The van der Waals surface area contributed by atoms with E-state index in [1.165, 1.54) is 0 Å². The van der Waals surface area contributed by atoms with Crippen LogP contribution in [0, 0.1) is 5.92 Å². The number of aliphatic hydroxyl groups excluding tert-OH is 2. The lowest BCUT2D eigenvalue weighted by Crippen LogP contribution is -2.28. The smallest absolute Gasteiger partial charge is 0.233 e. The highest BCUT2D eigenvalue weighted by Crippen LogP contribution is 2.37. The molecule has 2 rings (SSSR count). The first-order chi connectivity index (χ1) is 14.1. The van der Waals surface area contributed by atoms with Crippen molar-refractivity contribution in [3.63, 3.8) is 0 Å². The molecule has 0 saturated heterocycles. The molecule has 0 bridgehead atoms. The van der Waals surface area contributed by atoms with E-state index in [-0.39, 0.29) is 18.3 Å². The summed E-state index contributed by atoms with van der Waals surface area (Å²) in [7, 11) is -3.51. The van der Waals surface area contributed by atoms with E-state index in [0.29, 0.717) is 25.7 Å². The molecule has 1 heterocycles. The standard InChI is InChI=1S/C22H35NO6S/c1-4-5-8-15(2)19(24)12-11-17-18-13-16(29-21(18)14-20(17)25)9-6-7-10-22(26)23-30(3,27)28/h11-13,15,17,19-20,24-25H,4-10,14H2,1-3H3,(H,23,26)/t15?,17-,19-,20-/m1/s1. The van der Waals surface area contributed by atoms with E-state index in [1.54, 1.807) is 6.08 Å². The predicted octanol–water partition coefficient (Wildman–Crippen LogP) is 2.81. The maximum atomic E-state index is 11.5. The van der Waals surface area contributed by atoms with Crippen molar-refractivity contribution in [3.8, 4) is 0 Å². The van der Waals surface area contributed by atoms with E-state index in [4.69, 9.17) is 4.42 Å². The first-order valence-corrected chi connectivity index (χ1v) is 12.7. The van der Waals surface area contributed by atoms with Gasteiger partial charge in [-0.3, -0.25) is 9.52 Å². The van der Waals surface area contributed by atoms with E-state index in [2.05, 4.69) is 6.92 Å². The fourth-order valence-corrected chi connectivity index (χ4v) is 4.30. The molecule has 0 radical (unpaired) electrons. The van der Waals surface area contributed by atoms with Gasteiger partial charge >= 0.3 is 0 Å². The van der Waals surface area contributed by atoms with Crippen LogP contribution in [-0.2, 0) is 27.7 Å². The number of rotatable bonds is 12. The average Bonchev–Trinajstić information content (AvgIpc) is 3.16. The molecule has 1 aromatic heterocycles. The summed E-state index contributed by atoms with van der Waals surface area (Å²) in [4.78, 5) is 11.5. The first kappa shape index (κ1) is 24.6. The number of amides is 1. The molecule has 30 heavy (non-hydrogen) atoms. The monoisotopic (exact) mass is 441 g/mol. The molecule has 7 nitrogen and oxygen atoms in total. The van der Waals surface area contributed by atoms with Gasteiger partial charge in [0, 0.05) is 30.7 Å². The fraction of sp³-hybridized carbons (Fsp3) is 0.682. The molecule has 3 N–H and O–H groups in total. The highest BCUT2D eigenvalue weighted by Gasteiger charge is 2.33. The number of unbranched alkanes of at least 4 members (excludes halogenated alkanes) is 2. The Kier molecular flexibility index (Phi) is 9.12. The predicted molar refractivity (Wildman–Crippen MR) is 116 cm³/mol. The largest absolute Gasteiger partial charge is 0.466 e. The lowest BCUT2D eigenvalue weighted by Gasteiger charge is -2.16. The molecule has 0 aromatic carbocycles. The van der Waals surface area contributed by atoms with Crippen LogP contribution in [-0.4, -0.2) is 43.0 Å². The quantitative estimate of drug-likeness (QED) is 0.339. The molecule has 0 fully saturated rings. The molecule has 8 heteroatoms. The summed E-state index contributed by atoms with van der Waals surface area (Å²) in [5.41, 5.74) is 0.956. The number of carbonyl (C=O) groups is 1.